The van der Waals surface area contributed by atoms with Crippen molar-refractivity contribution in [3.05, 3.63) is 34.7 Å². The highest BCUT2D eigenvalue weighted by molar-refractivity contribution is 7.17. The molecule has 0 amide bonds. The number of rotatable bonds is 6. The second kappa shape index (κ2) is 9.91. The van der Waals surface area contributed by atoms with E-state index >= 15 is 0 Å². The summed E-state index contributed by atoms with van der Waals surface area (Å²) in [7, 11) is 2.30. The number of ether oxygens (including phenoxy) is 1. The Balaban J connectivity index is 1.03. The quantitative estimate of drug-likeness (QED) is 0.520. The molecular formula is C28H39N7OS. The number of aryl methyl sites for hydroxylation is 1. The number of nitrogens with zero attached hydrogens (tertiary/aromatic N) is 6. The fourth-order valence-corrected chi connectivity index (χ4v) is 7.96. The first-order valence-corrected chi connectivity index (χ1v) is 15.1. The van der Waals surface area contributed by atoms with E-state index in [1.807, 2.05) is 6.20 Å². The van der Waals surface area contributed by atoms with E-state index in [0.717, 1.165) is 60.7 Å². The topological polar surface area (TPSA) is 71.3 Å². The molecular weight excluding hydrogens is 482 g/mol. The third-order valence-corrected chi connectivity index (χ3v) is 10.4. The zero-order valence-electron chi connectivity index (χ0n) is 22.1. The maximum Gasteiger partial charge on any atom is 0.139 e. The SMILES string of the molecule is Cc1csc2nc(Cc3cnn(C4CCOCC4)c3)nc(NC3CCC(N4CC5CC(C4)N5C)CC3)c12. The largest absolute Gasteiger partial charge is 0.381 e. The minimum atomic E-state index is 0.440. The van der Waals surface area contributed by atoms with Gasteiger partial charge in [-0.3, -0.25) is 14.5 Å². The van der Waals surface area contributed by atoms with Crippen molar-refractivity contribution in [3.63, 3.8) is 0 Å². The third kappa shape index (κ3) is 4.68. The average molecular weight is 522 g/mol. The lowest BCUT2D eigenvalue weighted by Crippen LogP contribution is -2.68. The van der Waals surface area contributed by atoms with Crippen LogP contribution >= 0.6 is 11.3 Å². The molecule has 3 aromatic rings. The van der Waals surface area contributed by atoms with Crippen molar-refractivity contribution in [3.8, 4) is 0 Å². The molecule has 0 spiro atoms. The number of likely N-dealkylation sites (N-methyl/N-ethyl adjacent to an activating group) is 1. The predicted octanol–water partition coefficient (Wildman–Crippen LogP) is 4.25. The molecule has 1 N–H and O–H groups in total. The highest BCUT2D eigenvalue weighted by Gasteiger charge is 2.44. The zero-order chi connectivity index (χ0) is 24.9. The molecule has 8 rings (SSSR count). The minimum Gasteiger partial charge on any atom is -0.381 e. The van der Waals surface area contributed by atoms with E-state index in [0.29, 0.717) is 18.5 Å². The van der Waals surface area contributed by atoms with Gasteiger partial charge in [0, 0.05) is 63.1 Å². The number of anilines is 1. The smallest absolute Gasteiger partial charge is 0.139 e. The van der Waals surface area contributed by atoms with Gasteiger partial charge in [-0.15, -0.1) is 11.3 Å². The van der Waals surface area contributed by atoms with Gasteiger partial charge in [0.05, 0.1) is 17.6 Å². The summed E-state index contributed by atoms with van der Waals surface area (Å²) in [5.74, 6) is 1.91. The average Bonchev–Trinajstić information content (AvgIpc) is 3.56. The number of nitrogens with one attached hydrogen (secondary N) is 1. The highest BCUT2D eigenvalue weighted by Crippen LogP contribution is 2.36. The predicted molar refractivity (Wildman–Crippen MR) is 147 cm³/mol. The molecule has 0 aromatic carbocycles. The summed E-state index contributed by atoms with van der Waals surface area (Å²) in [6.07, 6.45) is 13.4. The van der Waals surface area contributed by atoms with Crippen LogP contribution < -0.4 is 5.32 Å². The van der Waals surface area contributed by atoms with Crippen LogP contribution in [0.4, 0.5) is 5.82 Å². The molecule has 4 aliphatic heterocycles. The number of piperazine rings is 1. The standard InChI is InChI=1S/C28H39N7OS/c1-18-17-37-28-26(18)27(30-20-3-5-21(6-4-20)34-15-23-12-24(16-34)33(23)2)31-25(32-28)11-19-13-29-35(14-19)22-7-9-36-10-8-22/h13-14,17,20-24H,3-12,15-16H2,1-2H3,(H,30,31,32). The third-order valence-electron chi connectivity index (χ3n) is 9.39. The van der Waals surface area contributed by atoms with Crippen molar-refractivity contribution >= 4 is 27.4 Å². The number of piperidine rings is 1. The number of fused-ring (bicyclic) bond motifs is 3. The summed E-state index contributed by atoms with van der Waals surface area (Å²) in [6, 6.07) is 3.28. The molecule has 9 heteroatoms. The molecule has 4 saturated heterocycles. The molecule has 1 saturated carbocycles. The Bertz CT molecular complexity index is 1230. The van der Waals surface area contributed by atoms with Gasteiger partial charge in [0.25, 0.3) is 0 Å². The van der Waals surface area contributed by atoms with Crippen molar-refractivity contribution < 1.29 is 4.74 Å². The monoisotopic (exact) mass is 521 g/mol. The molecule has 1 aliphatic carbocycles. The molecule has 2 atom stereocenters. The Morgan fingerprint density at radius 2 is 1.78 bits per heavy atom. The number of hydrogen-bond donors (Lipinski definition) is 1. The number of thiophene rings is 1. The highest BCUT2D eigenvalue weighted by atomic mass is 32.1. The van der Waals surface area contributed by atoms with Crippen LogP contribution in [-0.4, -0.2) is 87.1 Å². The van der Waals surface area contributed by atoms with Crippen LogP contribution in [0.5, 0.6) is 0 Å². The van der Waals surface area contributed by atoms with Crippen LogP contribution in [0, 0.1) is 6.92 Å². The molecule has 37 heavy (non-hydrogen) atoms. The van der Waals surface area contributed by atoms with Crippen LogP contribution in [0.25, 0.3) is 10.2 Å². The minimum absolute atomic E-state index is 0.440. The van der Waals surface area contributed by atoms with E-state index in [9.17, 15) is 0 Å². The molecule has 7 heterocycles. The van der Waals surface area contributed by atoms with Gasteiger partial charge >= 0.3 is 0 Å². The first-order valence-electron chi connectivity index (χ1n) is 14.2. The normalized spacial score (nSPS) is 29.5. The van der Waals surface area contributed by atoms with Gasteiger partial charge < -0.3 is 10.1 Å². The first-order chi connectivity index (χ1) is 18.1. The van der Waals surface area contributed by atoms with E-state index in [4.69, 9.17) is 14.7 Å². The van der Waals surface area contributed by atoms with E-state index in [1.165, 1.54) is 61.7 Å². The van der Waals surface area contributed by atoms with Crippen molar-refractivity contribution in [2.45, 2.75) is 88.5 Å². The Kier molecular flexibility index (Phi) is 6.43. The van der Waals surface area contributed by atoms with Gasteiger partial charge in [-0.25, -0.2) is 9.97 Å². The Morgan fingerprint density at radius 1 is 1.00 bits per heavy atom. The molecule has 3 aromatic heterocycles. The summed E-state index contributed by atoms with van der Waals surface area (Å²) in [4.78, 5) is 16.5. The van der Waals surface area contributed by atoms with Crippen LogP contribution in [0.1, 0.15) is 67.9 Å². The first kappa shape index (κ1) is 24.0. The molecule has 198 valence electrons. The van der Waals surface area contributed by atoms with Crippen molar-refractivity contribution in [1.82, 2.24) is 29.5 Å². The molecule has 5 aliphatic rings. The van der Waals surface area contributed by atoms with Crippen LogP contribution in [0.3, 0.4) is 0 Å². The summed E-state index contributed by atoms with van der Waals surface area (Å²) < 4.78 is 7.64. The van der Waals surface area contributed by atoms with E-state index in [-0.39, 0.29) is 0 Å². The Morgan fingerprint density at radius 3 is 2.54 bits per heavy atom. The van der Waals surface area contributed by atoms with Crippen LogP contribution in [0.15, 0.2) is 17.8 Å². The van der Waals surface area contributed by atoms with Gasteiger partial charge in [-0.05, 0) is 75.4 Å². The van der Waals surface area contributed by atoms with Crippen molar-refractivity contribution in [1.29, 1.82) is 0 Å². The lowest BCUT2D eigenvalue weighted by molar-refractivity contribution is -0.0701. The molecule has 8 nitrogen and oxygen atoms in total. The molecule has 2 unspecified atom stereocenters. The lowest BCUT2D eigenvalue weighted by Gasteiger charge is -2.57. The van der Waals surface area contributed by atoms with Crippen molar-refractivity contribution in [2.75, 3.05) is 38.7 Å². The molecule has 5 fully saturated rings. The van der Waals surface area contributed by atoms with Gasteiger partial charge in [-0.2, -0.15) is 5.10 Å². The summed E-state index contributed by atoms with van der Waals surface area (Å²) in [6.45, 7) is 6.37. The van der Waals surface area contributed by atoms with Gasteiger partial charge in [0.1, 0.15) is 16.5 Å². The van der Waals surface area contributed by atoms with Crippen LogP contribution in [-0.2, 0) is 11.2 Å². The number of hydrogen-bond acceptors (Lipinski definition) is 8. The molecule has 2 bridgehead atoms. The van der Waals surface area contributed by atoms with E-state index in [2.05, 4.69) is 50.4 Å². The zero-order valence-corrected chi connectivity index (χ0v) is 22.9. The maximum absolute atomic E-state index is 5.52. The second-order valence-electron chi connectivity index (χ2n) is 11.7. The van der Waals surface area contributed by atoms with E-state index in [1.54, 1.807) is 11.3 Å². The van der Waals surface area contributed by atoms with Gasteiger partial charge in [0.2, 0.25) is 0 Å². The van der Waals surface area contributed by atoms with E-state index < -0.39 is 0 Å². The summed E-state index contributed by atoms with van der Waals surface area (Å²) in [5, 5.41) is 12.0. The van der Waals surface area contributed by atoms with Gasteiger partial charge in [0.15, 0.2) is 0 Å². The molecule has 0 radical (unpaired) electrons. The second-order valence-corrected chi connectivity index (χ2v) is 12.6. The van der Waals surface area contributed by atoms with Gasteiger partial charge in [-0.1, -0.05) is 0 Å². The van der Waals surface area contributed by atoms with Crippen molar-refractivity contribution in [2.24, 2.45) is 0 Å². The summed E-state index contributed by atoms with van der Waals surface area (Å²) >= 11 is 1.73. The number of aromatic nitrogens is 4. The lowest BCUT2D eigenvalue weighted by atomic mass is 9.84. The Hall–Kier alpha value is -2.07. The fourth-order valence-electron chi connectivity index (χ4n) is 7.02. The maximum atomic E-state index is 5.52. The summed E-state index contributed by atoms with van der Waals surface area (Å²) in [5.41, 5.74) is 2.45. The Labute approximate surface area is 223 Å². The van der Waals surface area contributed by atoms with Crippen LogP contribution in [0.2, 0.25) is 0 Å². The fraction of sp³-hybridized carbons (Fsp3) is 0.679.